The summed E-state index contributed by atoms with van der Waals surface area (Å²) in [6.45, 7) is 11.3. The van der Waals surface area contributed by atoms with E-state index in [1.807, 2.05) is 6.08 Å². The van der Waals surface area contributed by atoms with Crippen LogP contribution >= 0.6 is 0 Å². The minimum atomic E-state index is 0.0725. The van der Waals surface area contributed by atoms with Crippen molar-refractivity contribution in [3.05, 3.63) is 129 Å². The van der Waals surface area contributed by atoms with Crippen LogP contribution in [-0.2, 0) is 11.2 Å². The Morgan fingerprint density at radius 3 is 1.73 bits per heavy atom. The molecule has 3 aromatic rings. The average Bonchev–Trinajstić information content (AvgIpc) is 3.16. The number of hydrogen-bond acceptors (Lipinski definition) is 2. The molecule has 0 aromatic heterocycles. The molecule has 0 spiro atoms. The zero-order chi connectivity index (χ0) is 36.4. The highest BCUT2D eigenvalue weighted by Gasteiger charge is 2.27. The zero-order valence-electron chi connectivity index (χ0n) is 32.6. The minimum absolute atomic E-state index is 0.0725. The van der Waals surface area contributed by atoms with Crippen LogP contribution in [0, 0.1) is 0 Å². The van der Waals surface area contributed by atoms with Crippen molar-refractivity contribution in [3.63, 3.8) is 0 Å². The molecule has 0 heterocycles. The molecule has 274 valence electrons. The van der Waals surface area contributed by atoms with E-state index in [-0.39, 0.29) is 17.6 Å². The molecule has 1 aliphatic rings. The molecule has 0 amide bonds. The Bertz CT molecular complexity index is 1590. The van der Waals surface area contributed by atoms with Crippen molar-refractivity contribution in [3.8, 4) is 5.75 Å². The van der Waals surface area contributed by atoms with Gasteiger partial charge < -0.3 is 5.11 Å². The summed E-state index contributed by atoms with van der Waals surface area (Å²) >= 11 is 0. The molecule has 2 heteroatoms. The monoisotopic (exact) mass is 687 g/mol. The van der Waals surface area contributed by atoms with Gasteiger partial charge in [0.05, 0.1) is 0 Å². The number of unbranched alkanes of at least 4 members (excludes halogenated alkanes) is 11. The first-order valence-corrected chi connectivity index (χ1v) is 20.5. The molecule has 3 aromatic carbocycles. The standard InChI is InChI=1S/C49H66O2/c1-6-9-12-14-16-20-30-41-33-46(44(35-48(41)50)37(4)39-26-22-18-23-27-39)43(32-11-8-3)47-34-42(31-21-17-15-13-10-7-2)49(51)36-45(47)38(5)40-28-24-19-25-29-40/h18-19,22-29,33-38,50H,6-17,20-21,30-32H2,1-5H3. The van der Waals surface area contributed by atoms with Crippen LogP contribution < -0.4 is 0 Å². The third kappa shape index (κ3) is 11.7. The summed E-state index contributed by atoms with van der Waals surface area (Å²) in [6, 6.07) is 25.8. The van der Waals surface area contributed by atoms with Gasteiger partial charge in [-0.15, -0.1) is 0 Å². The molecule has 51 heavy (non-hydrogen) atoms. The summed E-state index contributed by atoms with van der Waals surface area (Å²) in [5.41, 5.74) is 10.5. The maximum Gasteiger partial charge on any atom is 0.182 e. The lowest BCUT2D eigenvalue weighted by atomic mass is 9.76. The van der Waals surface area contributed by atoms with Crippen molar-refractivity contribution in [1.82, 2.24) is 0 Å². The molecule has 0 saturated heterocycles. The average molecular weight is 687 g/mol. The van der Waals surface area contributed by atoms with Crippen molar-refractivity contribution in [2.24, 2.45) is 0 Å². The molecule has 0 aliphatic heterocycles. The number of aryl methyl sites for hydroxylation is 1. The van der Waals surface area contributed by atoms with E-state index in [1.165, 1.54) is 97.6 Å². The summed E-state index contributed by atoms with van der Waals surface area (Å²) < 4.78 is 0. The lowest BCUT2D eigenvalue weighted by molar-refractivity contribution is -0.111. The summed E-state index contributed by atoms with van der Waals surface area (Å²) in [5.74, 6) is 0.760. The Balaban J connectivity index is 1.88. The first-order valence-electron chi connectivity index (χ1n) is 20.5. The van der Waals surface area contributed by atoms with Gasteiger partial charge in [-0.1, -0.05) is 166 Å². The number of benzene rings is 3. The Kier molecular flexibility index (Phi) is 17.0. The number of carbonyl (C=O) groups is 1. The van der Waals surface area contributed by atoms with E-state index in [0.717, 1.165) is 61.7 Å². The fourth-order valence-electron chi connectivity index (χ4n) is 7.73. The van der Waals surface area contributed by atoms with Gasteiger partial charge >= 0.3 is 0 Å². The number of hydrogen-bond donors (Lipinski definition) is 1. The number of aromatic hydroxyl groups is 1. The van der Waals surface area contributed by atoms with Gasteiger partial charge in [-0.3, -0.25) is 4.79 Å². The highest BCUT2D eigenvalue weighted by Crippen LogP contribution is 2.44. The first kappa shape index (κ1) is 40.1. The molecule has 0 saturated carbocycles. The Hall–Kier alpha value is -3.65. The molecule has 2 unspecified atom stereocenters. The Morgan fingerprint density at radius 2 is 1.14 bits per heavy atom. The normalized spacial score (nSPS) is 15.4. The third-order valence-corrected chi connectivity index (χ3v) is 11.0. The van der Waals surface area contributed by atoms with Crippen LogP contribution in [0.2, 0.25) is 0 Å². The van der Waals surface area contributed by atoms with Crippen molar-refractivity contribution >= 4 is 11.4 Å². The van der Waals surface area contributed by atoms with Crippen molar-refractivity contribution in [1.29, 1.82) is 0 Å². The SMILES string of the molecule is CCCCCCCCC1=CC(=C(CCCC)c2cc(CCCCCCCC)c(O)cc2C(C)c2ccccc2)C(C(C)c2ccccc2)=CC1=O. The quantitative estimate of drug-likeness (QED) is 0.107. The van der Waals surface area contributed by atoms with Crippen LogP contribution in [0.1, 0.15) is 177 Å². The van der Waals surface area contributed by atoms with Crippen LogP contribution in [0.5, 0.6) is 5.75 Å². The van der Waals surface area contributed by atoms with Gasteiger partial charge in [-0.25, -0.2) is 0 Å². The van der Waals surface area contributed by atoms with E-state index >= 15 is 0 Å². The second-order valence-corrected chi connectivity index (χ2v) is 15.0. The van der Waals surface area contributed by atoms with Gasteiger partial charge in [0, 0.05) is 17.4 Å². The lowest BCUT2D eigenvalue weighted by Crippen LogP contribution is -2.14. The molecular formula is C49H66O2. The summed E-state index contributed by atoms with van der Waals surface area (Å²) in [6.07, 6.45) is 23.7. The fraction of sp³-hybridized carbons (Fsp3) is 0.490. The van der Waals surface area contributed by atoms with Gasteiger partial charge in [0.2, 0.25) is 0 Å². The van der Waals surface area contributed by atoms with E-state index in [2.05, 4.69) is 113 Å². The van der Waals surface area contributed by atoms with Gasteiger partial charge in [0.1, 0.15) is 5.75 Å². The largest absolute Gasteiger partial charge is 0.508 e. The van der Waals surface area contributed by atoms with Crippen molar-refractivity contribution in [2.75, 3.05) is 0 Å². The van der Waals surface area contributed by atoms with E-state index in [9.17, 15) is 9.90 Å². The van der Waals surface area contributed by atoms with Gasteiger partial charge in [-0.05, 0) is 107 Å². The zero-order valence-corrected chi connectivity index (χ0v) is 32.6. The topological polar surface area (TPSA) is 37.3 Å². The summed E-state index contributed by atoms with van der Waals surface area (Å²) in [4.78, 5) is 13.9. The van der Waals surface area contributed by atoms with E-state index in [1.54, 1.807) is 0 Å². The maximum absolute atomic E-state index is 13.9. The highest BCUT2D eigenvalue weighted by atomic mass is 16.3. The lowest BCUT2D eigenvalue weighted by Gasteiger charge is -2.28. The predicted octanol–water partition coefficient (Wildman–Crippen LogP) is 14.4. The number of carbonyl (C=O) groups excluding carboxylic acids is 1. The molecule has 2 nitrogen and oxygen atoms in total. The van der Waals surface area contributed by atoms with E-state index in [4.69, 9.17) is 0 Å². The van der Waals surface area contributed by atoms with Gasteiger partial charge in [-0.2, -0.15) is 0 Å². The second-order valence-electron chi connectivity index (χ2n) is 15.0. The van der Waals surface area contributed by atoms with Crippen LogP contribution in [0.15, 0.2) is 102 Å². The third-order valence-electron chi connectivity index (χ3n) is 11.0. The first-order chi connectivity index (χ1) is 24.9. The van der Waals surface area contributed by atoms with Crippen molar-refractivity contribution < 1.29 is 9.90 Å². The Labute approximate surface area is 311 Å². The van der Waals surface area contributed by atoms with Crippen molar-refractivity contribution in [2.45, 2.75) is 156 Å². The number of phenolic OH excluding ortho intramolecular Hbond substituents is 1. The predicted molar refractivity (Wildman–Crippen MR) is 220 cm³/mol. The highest BCUT2D eigenvalue weighted by molar-refractivity contribution is 6.08. The summed E-state index contributed by atoms with van der Waals surface area (Å²) in [5, 5.41) is 11.6. The van der Waals surface area contributed by atoms with Crippen LogP contribution in [-0.4, -0.2) is 10.9 Å². The smallest absolute Gasteiger partial charge is 0.182 e. The molecule has 4 rings (SSSR count). The molecule has 2 atom stereocenters. The number of phenols is 1. The number of allylic oxidation sites excluding steroid dienone is 6. The van der Waals surface area contributed by atoms with Gasteiger partial charge in [0.15, 0.2) is 5.78 Å². The number of rotatable bonds is 22. The molecule has 0 fully saturated rings. The van der Waals surface area contributed by atoms with Crippen LogP contribution in [0.3, 0.4) is 0 Å². The molecular weight excluding hydrogens is 621 g/mol. The molecule has 0 bridgehead atoms. The molecule has 1 aliphatic carbocycles. The second kappa shape index (κ2) is 21.7. The number of ketones is 1. The van der Waals surface area contributed by atoms with Crippen LogP contribution in [0.25, 0.3) is 5.57 Å². The minimum Gasteiger partial charge on any atom is -0.508 e. The molecule has 0 radical (unpaired) electrons. The van der Waals surface area contributed by atoms with E-state index in [0.29, 0.717) is 5.75 Å². The fourth-order valence-corrected chi connectivity index (χ4v) is 7.73. The van der Waals surface area contributed by atoms with E-state index < -0.39 is 0 Å². The molecule has 1 N–H and O–H groups in total. The maximum atomic E-state index is 13.9. The summed E-state index contributed by atoms with van der Waals surface area (Å²) in [7, 11) is 0. The van der Waals surface area contributed by atoms with Gasteiger partial charge in [0.25, 0.3) is 0 Å². The van der Waals surface area contributed by atoms with Crippen LogP contribution in [0.4, 0.5) is 0 Å². The Morgan fingerprint density at radius 1 is 0.608 bits per heavy atom.